The standard InChI is InChI=1S/C7H14NO2/c1-5(4-9)3-6(2)7(8)10/h6,9H,3-4H2,1-2H3,(H2,8,10). The lowest BCUT2D eigenvalue weighted by Crippen LogP contribution is -2.22. The molecule has 0 spiro atoms. The molecule has 3 nitrogen and oxygen atoms in total. The van der Waals surface area contributed by atoms with Crippen LogP contribution in [0.25, 0.3) is 0 Å². The van der Waals surface area contributed by atoms with Crippen LogP contribution in [0.3, 0.4) is 0 Å². The number of hydrogen-bond donors (Lipinski definition) is 2. The number of hydrogen-bond acceptors (Lipinski definition) is 2. The van der Waals surface area contributed by atoms with E-state index < -0.39 is 0 Å². The summed E-state index contributed by atoms with van der Waals surface area (Å²) in [7, 11) is 0. The minimum atomic E-state index is -0.312. The molecule has 0 rings (SSSR count). The van der Waals surface area contributed by atoms with Gasteiger partial charge in [-0.1, -0.05) is 13.8 Å². The minimum Gasteiger partial charge on any atom is -0.396 e. The molecule has 0 aliphatic heterocycles. The van der Waals surface area contributed by atoms with Crippen LogP contribution in [0.1, 0.15) is 20.3 Å². The van der Waals surface area contributed by atoms with E-state index in [4.69, 9.17) is 10.8 Å². The monoisotopic (exact) mass is 144 g/mol. The predicted molar refractivity (Wildman–Crippen MR) is 39.0 cm³/mol. The molecule has 0 aromatic heterocycles. The van der Waals surface area contributed by atoms with E-state index in [9.17, 15) is 4.79 Å². The molecule has 3 heteroatoms. The molecule has 3 N–H and O–H groups in total. The predicted octanol–water partition coefficient (Wildman–Crippen LogP) is 0.0846. The first kappa shape index (κ1) is 9.43. The van der Waals surface area contributed by atoms with Crippen molar-refractivity contribution in [3.8, 4) is 0 Å². The third-order valence-corrected chi connectivity index (χ3v) is 1.41. The summed E-state index contributed by atoms with van der Waals surface area (Å²) in [4.78, 5) is 10.5. The van der Waals surface area contributed by atoms with Crippen LogP contribution in [0, 0.1) is 11.8 Å². The largest absolute Gasteiger partial charge is 0.396 e. The van der Waals surface area contributed by atoms with Gasteiger partial charge in [0.15, 0.2) is 0 Å². The summed E-state index contributed by atoms with van der Waals surface area (Å²) in [6.45, 7) is 3.60. The van der Waals surface area contributed by atoms with Crippen molar-refractivity contribution < 1.29 is 9.90 Å². The molecule has 0 bridgehead atoms. The Kier molecular flexibility index (Phi) is 4.03. The van der Waals surface area contributed by atoms with Gasteiger partial charge in [0.1, 0.15) is 0 Å². The second kappa shape index (κ2) is 4.28. The van der Waals surface area contributed by atoms with Gasteiger partial charge in [0.2, 0.25) is 5.91 Å². The van der Waals surface area contributed by atoms with Gasteiger partial charge >= 0.3 is 0 Å². The fourth-order valence-electron chi connectivity index (χ4n) is 0.688. The number of rotatable bonds is 4. The minimum absolute atomic E-state index is 0.0393. The Morgan fingerprint density at radius 3 is 2.50 bits per heavy atom. The SMILES string of the molecule is C[C](CO)CC(C)C(N)=O. The molecular formula is C7H14NO2. The first-order valence-electron chi connectivity index (χ1n) is 3.29. The maximum Gasteiger partial charge on any atom is 0.220 e. The average Bonchev–Trinajstić information content (AvgIpc) is 1.87. The molecule has 0 aromatic carbocycles. The van der Waals surface area contributed by atoms with Crippen molar-refractivity contribution in [2.45, 2.75) is 20.3 Å². The van der Waals surface area contributed by atoms with Crippen LogP contribution in [0.5, 0.6) is 0 Å². The third-order valence-electron chi connectivity index (χ3n) is 1.41. The van der Waals surface area contributed by atoms with Gasteiger partial charge in [-0.15, -0.1) is 0 Å². The molecule has 1 atom stereocenters. The third kappa shape index (κ3) is 3.45. The summed E-state index contributed by atoms with van der Waals surface area (Å²) in [6, 6.07) is 0. The highest BCUT2D eigenvalue weighted by molar-refractivity contribution is 5.76. The van der Waals surface area contributed by atoms with E-state index in [-0.39, 0.29) is 18.4 Å². The highest BCUT2D eigenvalue weighted by Crippen LogP contribution is 2.11. The lowest BCUT2D eigenvalue weighted by molar-refractivity contribution is -0.121. The van der Waals surface area contributed by atoms with E-state index in [0.29, 0.717) is 6.42 Å². The Morgan fingerprint density at radius 2 is 2.20 bits per heavy atom. The van der Waals surface area contributed by atoms with Crippen LogP contribution >= 0.6 is 0 Å². The molecule has 1 amide bonds. The molecule has 0 aliphatic rings. The topological polar surface area (TPSA) is 63.3 Å². The molecule has 0 aromatic rings. The van der Waals surface area contributed by atoms with Crippen LogP contribution in [-0.2, 0) is 4.79 Å². The van der Waals surface area contributed by atoms with Gasteiger partial charge in [0.25, 0.3) is 0 Å². The zero-order valence-corrected chi connectivity index (χ0v) is 6.42. The highest BCUT2D eigenvalue weighted by Gasteiger charge is 2.12. The quantitative estimate of drug-likeness (QED) is 0.587. The van der Waals surface area contributed by atoms with Crippen LogP contribution in [0.2, 0.25) is 0 Å². The van der Waals surface area contributed by atoms with Crippen LogP contribution in [-0.4, -0.2) is 17.6 Å². The average molecular weight is 144 g/mol. The lowest BCUT2D eigenvalue weighted by atomic mass is 9.98. The maximum absolute atomic E-state index is 10.5. The molecular weight excluding hydrogens is 130 g/mol. The molecule has 1 unspecified atom stereocenters. The molecule has 0 heterocycles. The Labute approximate surface area is 61.2 Å². The Morgan fingerprint density at radius 1 is 1.70 bits per heavy atom. The van der Waals surface area contributed by atoms with Crippen molar-refractivity contribution in [3.05, 3.63) is 5.92 Å². The van der Waals surface area contributed by atoms with Crippen molar-refractivity contribution >= 4 is 5.91 Å². The van der Waals surface area contributed by atoms with Crippen molar-refractivity contribution in [1.82, 2.24) is 0 Å². The smallest absolute Gasteiger partial charge is 0.220 e. The van der Waals surface area contributed by atoms with E-state index in [1.165, 1.54) is 0 Å². The molecule has 59 valence electrons. The molecule has 10 heavy (non-hydrogen) atoms. The first-order valence-corrected chi connectivity index (χ1v) is 3.29. The van der Waals surface area contributed by atoms with E-state index in [1.54, 1.807) is 13.8 Å². The van der Waals surface area contributed by atoms with Gasteiger partial charge in [-0.3, -0.25) is 4.79 Å². The summed E-state index contributed by atoms with van der Waals surface area (Å²) in [6.07, 6.45) is 0.589. The number of carbonyl (C=O) groups is 1. The van der Waals surface area contributed by atoms with Crippen molar-refractivity contribution in [2.24, 2.45) is 11.7 Å². The summed E-state index contributed by atoms with van der Waals surface area (Å²) in [5.74, 6) is 0.422. The number of carbonyl (C=O) groups excluding carboxylic acids is 1. The highest BCUT2D eigenvalue weighted by atomic mass is 16.3. The van der Waals surface area contributed by atoms with Crippen LogP contribution < -0.4 is 5.73 Å². The van der Waals surface area contributed by atoms with E-state index in [2.05, 4.69) is 0 Å². The molecule has 0 saturated heterocycles. The van der Waals surface area contributed by atoms with Crippen LogP contribution in [0.4, 0.5) is 0 Å². The van der Waals surface area contributed by atoms with Crippen LogP contribution in [0.15, 0.2) is 0 Å². The Balaban J connectivity index is 3.56. The van der Waals surface area contributed by atoms with Gasteiger partial charge in [0.05, 0.1) is 0 Å². The molecule has 0 fully saturated rings. The fraction of sp³-hybridized carbons (Fsp3) is 0.714. The number of primary amides is 1. The number of aliphatic hydroxyl groups is 1. The van der Waals surface area contributed by atoms with Gasteiger partial charge in [0, 0.05) is 12.5 Å². The van der Waals surface area contributed by atoms with E-state index in [0.717, 1.165) is 5.92 Å². The summed E-state index contributed by atoms with van der Waals surface area (Å²) >= 11 is 0. The lowest BCUT2D eigenvalue weighted by Gasteiger charge is -2.10. The zero-order valence-electron chi connectivity index (χ0n) is 6.42. The second-order valence-corrected chi connectivity index (χ2v) is 2.62. The van der Waals surface area contributed by atoms with Gasteiger partial charge in [-0.2, -0.15) is 0 Å². The van der Waals surface area contributed by atoms with Gasteiger partial charge < -0.3 is 10.8 Å². The number of amides is 1. The maximum atomic E-state index is 10.5. The first-order chi connectivity index (χ1) is 4.57. The van der Waals surface area contributed by atoms with Crippen molar-refractivity contribution in [2.75, 3.05) is 6.61 Å². The zero-order chi connectivity index (χ0) is 8.15. The molecule has 1 radical (unpaired) electrons. The van der Waals surface area contributed by atoms with E-state index in [1.807, 2.05) is 0 Å². The summed E-state index contributed by atoms with van der Waals surface area (Å²) in [5.41, 5.74) is 5.01. The van der Waals surface area contributed by atoms with E-state index >= 15 is 0 Å². The van der Waals surface area contributed by atoms with Gasteiger partial charge in [-0.05, 0) is 12.3 Å². The Hall–Kier alpha value is -0.570. The second-order valence-electron chi connectivity index (χ2n) is 2.62. The Bertz CT molecular complexity index is 114. The summed E-state index contributed by atoms with van der Waals surface area (Å²) < 4.78 is 0. The fourth-order valence-corrected chi connectivity index (χ4v) is 0.688. The number of nitrogens with two attached hydrogens (primary N) is 1. The molecule has 0 saturated carbocycles. The normalized spacial score (nSPS) is 13.6. The van der Waals surface area contributed by atoms with Gasteiger partial charge in [-0.25, -0.2) is 0 Å². The van der Waals surface area contributed by atoms with Crippen molar-refractivity contribution in [1.29, 1.82) is 0 Å². The van der Waals surface area contributed by atoms with Crippen molar-refractivity contribution in [3.63, 3.8) is 0 Å². The molecule has 0 aliphatic carbocycles. The summed E-state index contributed by atoms with van der Waals surface area (Å²) in [5, 5.41) is 8.58. The number of aliphatic hydroxyl groups excluding tert-OH is 1.